The molecule has 1 atom stereocenters. The highest BCUT2D eigenvalue weighted by atomic mass is 16.4. The number of carboxylic acids is 1. The molecule has 0 spiro atoms. The number of nitrogens with two attached hydrogens (primary N) is 1. The summed E-state index contributed by atoms with van der Waals surface area (Å²) >= 11 is 0. The summed E-state index contributed by atoms with van der Waals surface area (Å²) in [6, 6.07) is 2.42. The van der Waals surface area contributed by atoms with Crippen LogP contribution in [0.25, 0.3) is 0 Å². The summed E-state index contributed by atoms with van der Waals surface area (Å²) in [7, 11) is 0. The summed E-state index contributed by atoms with van der Waals surface area (Å²) < 4.78 is 0. The van der Waals surface area contributed by atoms with Crippen molar-refractivity contribution in [2.24, 2.45) is 5.73 Å². The van der Waals surface area contributed by atoms with E-state index >= 15 is 0 Å². The van der Waals surface area contributed by atoms with Crippen molar-refractivity contribution in [1.82, 2.24) is 5.32 Å². The van der Waals surface area contributed by atoms with Crippen molar-refractivity contribution in [1.29, 1.82) is 0 Å². The van der Waals surface area contributed by atoms with Gasteiger partial charge < -0.3 is 16.2 Å². The largest absolute Gasteiger partial charge is 0.478 e. The van der Waals surface area contributed by atoms with E-state index in [-0.39, 0.29) is 11.1 Å². The first-order valence-corrected chi connectivity index (χ1v) is 5.69. The van der Waals surface area contributed by atoms with Gasteiger partial charge in [0.15, 0.2) is 0 Å². The lowest BCUT2D eigenvalue weighted by molar-refractivity contribution is -0.119. The minimum Gasteiger partial charge on any atom is -0.478 e. The molecule has 1 unspecified atom stereocenters. The van der Waals surface area contributed by atoms with Gasteiger partial charge in [-0.2, -0.15) is 0 Å². The molecule has 1 aromatic carbocycles. The fraction of sp³-hybridized carbons (Fsp3) is 0.308. The van der Waals surface area contributed by atoms with Gasteiger partial charge in [-0.15, -0.1) is 0 Å². The van der Waals surface area contributed by atoms with E-state index in [1.165, 1.54) is 6.92 Å². The van der Waals surface area contributed by atoms with E-state index in [0.717, 1.165) is 0 Å². The smallest absolute Gasteiger partial charge is 0.336 e. The van der Waals surface area contributed by atoms with Gasteiger partial charge in [-0.05, 0) is 31.9 Å². The lowest BCUT2D eigenvalue weighted by atomic mass is 9.96. The number of amides is 2. The number of rotatable bonds is 4. The van der Waals surface area contributed by atoms with Crippen LogP contribution in [-0.4, -0.2) is 28.9 Å². The van der Waals surface area contributed by atoms with Gasteiger partial charge in [0.2, 0.25) is 5.91 Å². The molecule has 1 rings (SSSR count). The predicted molar refractivity (Wildman–Crippen MR) is 69.0 cm³/mol. The van der Waals surface area contributed by atoms with E-state index in [4.69, 9.17) is 5.73 Å². The van der Waals surface area contributed by atoms with Crippen molar-refractivity contribution in [3.63, 3.8) is 0 Å². The van der Waals surface area contributed by atoms with E-state index in [1.807, 2.05) is 0 Å². The SMILES string of the molecule is Cc1ccc(C)c(C(=O)NC(C)C(N)=O)c1C(=O)O. The van der Waals surface area contributed by atoms with Gasteiger partial charge in [0.05, 0.1) is 11.1 Å². The maximum absolute atomic E-state index is 12.1. The van der Waals surface area contributed by atoms with Crippen LogP contribution in [-0.2, 0) is 4.79 Å². The zero-order chi connectivity index (χ0) is 14.7. The highest BCUT2D eigenvalue weighted by Gasteiger charge is 2.23. The van der Waals surface area contributed by atoms with Crippen molar-refractivity contribution < 1.29 is 19.5 Å². The Hall–Kier alpha value is -2.37. The van der Waals surface area contributed by atoms with Gasteiger partial charge in [0, 0.05) is 0 Å². The molecule has 0 aliphatic heterocycles. The maximum Gasteiger partial charge on any atom is 0.336 e. The van der Waals surface area contributed by atoms with Crippen LogP contribution < -0.4 is 11.1 Å². The predicted octanol–water partition coefficient (Wildman–Crippen LogP) is 0.605. The summed E-state index contributed by atoms with van der Waals surface area (Å²) in [6.07, 6.45) is 0. The molecule has 102 valence electrons. The molecule has 2 amide bonds. The van der Waals surface area contributed by atoms with Gasteiger partial charge >= 0.3 is 5.97 Å². The fourth-order valence-electron chi connectivity index (χ4n) is 1.72. The second-order valence-corrected chi connectivity index (χ2v) is 4.35. The fourth-order valence-corrected chi connectivity index (χ4v) is 1.72. The van der Waals surface area contributed by atoms with Crippen LogP contribution in [0.5, 0.6) is 0 Å². The maximum atomic E-state index is 12.1. The lowest BCUT2D eigenvalue weighted by Crippen LogP contribution is -2.42. The third kappa shape index (κ3) is 3.09. The minimum atomic E-state index is -1.18. The molecule has 0 saturated carbocycles. The molecule has 0 fully saturated rings. The number of hydrogen-bond acceptors (Lipinski definition) is 3. The Kier molecular flexibility index (Phi) is 4.26. The quantitative estimate of drug-likeness (QED) is 0.739. The normalized spacial score (nSPS) is 11.7. The molecule has 1 aromatic rings. The highest BCUT2D eigenvalue weighted by molar-refractivity contribution is 6.07. The van der Waals surface area contributed by atoms with Crippen molar-refractivity contribution in [2.45, 2.75) is 26.8 Å². The zero-order valence-corrected chi connectivity index (χ0v) is 11.0. The Morgan fingerprint density at radius 1 is 1.16 bits per heavy atom. The van der Waals surface area contributed by atoms with Crippen molar-refractivity contribution in [3.05, 3.63) is 34.4 Å². The molecule has 6 heteroatoms. The average molecular weight is 264 g/mol. The van der Waals surface area contributed by atoms with Gasteiger partial charge in [-0.25, -0.2) is 4.79 Å². The van der Waals surface area contributed by atoms with E-state index in [2.05, 4.69) is 5.32 Å². The molecule has 0 aliphatic rings. The van der Waals surface area contributed by atoms with Crippen LogP contribution in [0.2, 0.25) is 0 Å². The standard InChI is InChI=1S/C13H16N2O4/c1-6-4-5-7(2)10(13(18)19)9(6)12(17)15-8(3)11(14)16/h4-5,8H,1-3H3,(H2,14,16)(H,15,17)(H,18,19). The van der Waals surface area contributed by atoms with E-state index < -0.39 is 23.8 Å². The number of aromatic carboxylic acids is 1. The van der Waals surface area contributed by atoms with Crippen LogP contribution in [0.15, 0.2) is 12.1 Å². The molecule has 0 heterocycles. The topological polar surface area (TPSA) is 109 Å². The highest BCUT2D eigenvalue weighted by Crippen LogP contribution is 2.19. The third-order valence-corrected chi connectivity index (χ3v) is 2.84. The van der Waals surface area contributed by atoms with E-state index in [0.29, 0.717) is 11.1 Å². The van der Waals surface area contributed by atoms with Gasteiger partial charge in [0.1, 0.15) is 6.04 Å². The monoisotopic (exact) mass is 264 g/mol. The van der Waals surface area contributed by atoms with Crippen LogP contribution in [0, 0.1) is 13.8 Å². The number of primary amides is 1. The zero-order valence-electron chi connectivity index (χ0n) is 11.0. The van der Waals surface area contributed by atoms with Crippen LogP contribution >= 0.6 is 0 Å². The average Bonchev–Trinajstić information content (AvgIpc) is 2.30. The van der Waals surface area contributed by atoms with Gasteiger partial charge in [-0.1, -0.05) is 12.1 Å². The van der Waals surface area contributed by atoms with Gasteiger partial charge in [-0.3, -0.25) is 9.59 Å². The summed E-state index contributed by atoms with van der Waals surface area (Å²) in [5, 5.41) is 11.6. The molecule has 19 heavy (non-hydrogen) atoms. The molecule has 0 aromatic heterocycles. The molecule has 0 bridgehead atoms. The number of aryl methyl sites for hydroxylation is 2. The first-order valence-electron chi connectivity index (χ1n) is 5.69. The number of carbonyl (C=O) groups is 3. The molecular formula is C13H16N2O4. The summed E-state index contributed by atoms with van der Waals surface area (Å²) in [5.74, 6) is -2.49. The molecule has 4 N–H and O–H groups in total. The molecule has 0 saturated heterocycles. The van der Waals surface area contributed by atoms with Crippen LogP contribution in [0.1, 0.15) is 38.8 Å². The molecule has 6 nitrogen and oxygen atoms in total. The van der Waals surface area contributed by atoms with Crippen LogP contribution in [0.3, 0.4) is 0 Å². The minimum absolute atomic E-state index is 0.0561. The molecule has 0 aliphatic carbocycles. The lowest BCUT2D eigenvalue weighted by Gasteiger charge is -2.15. The summed E-state index contributed by atoms with van der Waals surface area (Å²) in [6.45, 7) is 4.68. The van der Waals surface area contributed by atoms with Crippen LogP contribution in [0.4, 0.5) is 0 Å². The van der Waals surface area contributed by atoms with Gasteiger partial charge in [0.25, 0.3) is 5.91 Å². The van der Waals surface area contributed by atoms with Crippen molar-refractivity contribution in [3.8, 4) is 0 Å². The Morgan fingerprint density at radius 2 is 1.63 bits per heavy atom. The summed E-state index contributed by atoms with van der Waals surface area (Å²) in [4.78, 5) is 34.3. The second kappa shape index (κ2) is 5.51. The Bertz CT molecular complexity index is 552. The first-order chi connectivity index (χ1) is 8.75. The summed E-state index contributed by atoms with van der Waals surface area (Å²) in [5.41, 5.74) is 6.06. The number of carboxylic acid groups (broad SMARTS) is 1. The van der Waals surface area contributed by atoms with Crippen molar-refractivity contribution >= 4 is 17.8 Å². The second-order valence-electron chi connectivity index (χ2n) is 4.35. The van der Waals surface area contributed by atoms with Crippen molar-refractivity contribution in [2.75, 3.05) is 0 Å². The number of hydrogen-bond donors (Lipinski definition) is 3. The third-order valence-electron chi connectivity index (χ3n) is 2.84. The Labute approximate surface area is 110 Å². The number of nitrogens with one attached hydrogen (secondary N) is 1. The van der Waals surface area contributed by atoms with E-state index in [1.54, 1.807) is 26.0 Å². The van der Waals surface area contributed by atoms with E-state index in [9.17, 15) is 19.5 Å². The first kappa shape index (κ1) is 14.7. The molecular weight excluding hydrogens is 248 g/mol. The number of benzene rings is 1. The number of carbonyl (C=O) groups excluding carboxylic acids is 2. The molecule has 0 radical (unpaired) electrons. The Balaban J connectivity index is 3.26. The Morgan fingerprint density at radius 3 is 2.05 bits per heavy atom.